The molecule has 160 valence electrons. The van der Waals surface area contributed by atoms with Gasteiger partial charge in [0.25, 0.3) is 0 Å². The maximum absolute atomic E-state index is 12.3. The predicted molar refractivity (Wildman–Crippen MR) is 109 cm³/mol. The molecule has 0 fully saturated rings. The van der Waals surface area contributed by atoms with E-state index in [1.54, 1.807) is 24.3 Å². The van der Waals surface area contributed by atoms with Gasteiger partial charge in [-0.15, -0.1) is 0 Å². The van der Waals surface area contributed by atoms with Crippen molar-refractivity contribution in [2.75, 3.05) is 6.61 Å². The number of hydrogen-bond acceptors (Lipinski definition) is 6. The van der Waals surface area contributed by atoms with E-state index in [0.717, 1.165) is 17.5 Å². The van der Waals surface area contributed by atoms with Crippen LogP contribution in [0.1, 0.15) is 30.9 Å². The number of nitrogens with one attached hydrogen (secondary N) is 2. The average Bonchev–Trinajstić information content (AvgIpc) is 2.77. The Hall–Kier alpha value is -3.55. The molecule has 2 N–H and O–H groups in total. The molecule has 0 saturated carbocycles. The van der Waals surface area contributed by atoms with Crippen molar-refractivity contribution in [2.24, 2.45) is 0 Å². The summed E-state index contributed by atoms with van der Waals surface area (Å²) >= 11 is 0. The molecule has 0 spiro atoms. The fourth-order valence-electron chi connectivity index (χ4n) is 2.32. The molecule has 2 rings (SSSR count). The number of hydrogen-bond donors (Lipinski definition) is 2. The fourth-order valence-corrected chi connectivity index (χ4v) is 2.32. The first-order chi connectivity index (χ1) is 14.6. The number of esters is 1. The quantitative estimate of drug-likeness (QED) is 0.267. The molecule has 0 heterocycles. The standard InChI is InChI=1S/C22H26N2O6/c1-2-3-14-28-20(25)19(23-21(26)29-15-17-10-6-4-7-11-17)24-22(27)30-16-18-12-8-5-9-13-18/h4-13,19H,2-3,14-16H2,1H3,(H,23,26)(H,24,27). The van der Waals surface area contributed by atoms with Crippen molar-refractivity contribution < 1.29 is 28.6 Å². The average molecular weight is 414 g/mol. The van der Waals surface area contributed by atoms with Crippen molar-refractivity contribution in [3.63, 3.8) is 0 Å². The highest BCUT2D eigenvalue weighted by atomic mass is 16.6. The minimum atomic E-state index is -1.44. The molecule has 0 aromatic heterocycles. The van der Waals surface area contributed by atoms with E-state index in [1.165, 1.54) is 0 Å². The van der Waals surface area contributed by atoms with E-state index in [1.807, 2.05) is 43.3 Å². The van der Waals surface area contributed by atoms with E-state index in [2.05, 4.69) is 10.6 Å². The highest BCUT2D eigenvalue weighted by Crippen LogP contribution is 2.03. The third-order valence-electron chi connectivity index (χ3n) is 3.93. The molecule has 0 radical (unpaired) electrons. The zero-order chi connectivity index (χ0) is 21.6. The van der Waals surface area contributed by atoms with Crippen LogP contribution in [0, 0.1) is 0 Å². The van der Waals surface area contributed by atoms with Crippen molar-refractivity contribution in [2.45, 2.75) is 39.1 Å². The summed E-state index contributed by atoms with van der Waals surface area (Å²) in [6.45, 7) is 2.16. The third kappa shape index (κ3) is 8.64. The van der Waals surface area contributed by atoms with Crippen LogP contribution in [-0.2, 0) is 32.2 Å². The van der Waals surface area contributed by atoms with Gasteiger partial charge in [-0.1, -0.05) is 74.0 Å². The minimum Gasteiger partial charge on any atom is -0.463 e. The Morgan fingerprint density at radius 2 is 1.23 bits per heavy atom. The lowest BCUT2D eigenvalue weighted by atomic mass is 10.2. The lowest BCUT2D eigenvalue weighted by Crippen LogP contribution is -2.53. The second kappa shape index (κ2) is 12.8. The Labute approximate surface area is 175 Å². The molecule has 30 heavy (non-hydrogen) atoms. The van der Waals surface area contributed by atoms with Crippen LogP contribution < -0.4 is 10.6 Å². The van der Waals surface area contributed by atoms with Gasteiger partial charge in [0, 0.05) is 0 Å². The monoisotopic (exact) mass is 414 g/mol. The van der Waals surface area contributed by atoms with Crippen LogP contribution in [-0.4, -0.2) is 30.9 Å². The Kier molecular flexibility index (Phi) is 9.72. The smallest absolute Gasteiger partial charge is 0.409 e. The van der Waals surface area contributed by atoms with E-state index in [9.17, 15) is 14.4 Å². The Bertz CT molecular complexity index is 740. The molecular formula is C22H26N2O6. The molecule has 8 heteroatoms. The summed E-state index contributed by atoms with van der Waals surface area (Å²) in [5, 5.41) is 4.59. The van der Waals surface area contributed by atoms with E-state index >= 15 is 0 Å². The lowest BCUT2D eigenvalue weighted by Gasteiger charge is -2.18. The molecule has 0 aliphatic rings. The topological polar surface area (TPSA) is 103 Å². The number of carbonyl (C=O) groups is 3. The highest BCUT2D eigenvalue weighted by molar-refractivity contribution is 5.84. The van der Waals surface area contributed by atoms with Gasteiger partial charge in [-0.2, -0.15) is 0 Å². The number of amides is 2. The third-order valence-corrected chi connectivity index (χ3v) is 3.93. The van der Waals surface area contributed by atoms with E-state index < -0.39 is 24.3 Å². The number of alkyl carbamates (subject to hydrolysis) is 2. The molecule has 0 saturated heterocycles. The Morgan fingerprint density at radius 3 is 1.67 bits per heavy atom. The second-order valence-electron chi connectivity index (χ2n) is 6.37. The maximum atomic E-state index is 12.3. The first-order valence-electron chi connectivity index (χ1n) is 9.69. The Morgan fingerprint density at radius 1 is 0.767 bits per heavy atom. The van der Waals surface area contributed by atoms with Gasteiger partial charge in [0.15, 0.2) is 0 Å². The molecule has 0 aliphatic heterocycles. The van der Waals surface area contributed by atoms with Crippen molar-refractivity contribution in [1.29, 1.82) is 0 Å². The summed E-state index contributed by atoms with van der Waals surface area (Å²) < 4.78 is 15.3. The van der Waals surface area contributed by atoms with Gasteiger partial charge in [0.2, 0.25) is 6.17 Å². The number of ether oxygens (including phenoxy) is 3. The molecular weight excluding hydrogens is 388 g/mol. The first kappa shape index (κ1) is 22.7. The molecule has 2 aromatic carbocycles. The van der Waals surface area contributed by atoms with E-state index in [4.69, 9.17) is 14.2 Å². The van der Waals surface area contributed by atoms with Crippen LogP contribution in [0.2, 0.25) is 0 Å². The zero-order valence-electron chi connectivity index (χ0n) is 16.8. The zero-order valence-corrected chi connectivity index (χ0v) is 16.8. The van der Waals surface area contributed by atoms with Crippen LogP contribution in [0.5, 0.6) is 0 Å². The normalized spacial score (nSPS) is 10.2. The molecule has 0 aliphatic carbocycles. The van der Waals surface area contributed by atoms with Gasteiger partial charge in [-0.3, -0.25) is 10.6 Å². The summed E-state index contributed by atoms with van der Waals surface area (Å²) in [4.78, 5) is 36.5. The van der Waals surface area contributed by atoms with Crippen LogP contribution in [0.15, 0.2) is 60.7 Å². The molecule has 2 aromatic rings. The fraction of sp³-hybridized carbons (Fsp3) is 0.318. The van der Waals surface area contributed by atoms with Gasteiger partial charge in [-0.25, -0.2) is 14.4 Å². The lowest BCUT2D eigenvalue weighted by molar-refractivity contribution is -0.147. The van der Waals surface area contributed by atoms with E-state index in [-0.39, 0.29) is 19.8 Å². The molecule has 2 amide bonds. The summed E-state index contributed by atoms with van der Waals surface area (Å²) in [5.41, 5.74) is 1.56. The van der Waals surface area contributed by atoms with Crippen LogP contribution >= 0.6 is 0 Å². The summed E-state index contributed by atoms with van der Waals surface area (Å²) in [5.74, 6) is -0.809. The second-order valence-corrected chi connectivity index (χ2v) is 6.37. The summed E-state index contributed by atoms with van der Waals surface area (Å²) in [6, 6.07) is 18.1. The van der Waals surface area contributed by atoms with Crippen molar-refractivity contribution in [1.82, 2.24) is 10.6 Å². The van der Waals surface area contributed by atoms with Crippen LogP contribution in [0.3, 0.4) is 0 Å². The molecule has 0 bridgehead atoms. The Balaban J connectivity index is 1.88. The number of unbranched alkanes of at least 4 members (excludes halogenated alkanes) is 1. The van der Waals surface area contributed by atoms with Gasteiger partial charge in [0.05, 0.1) is 6.61 Å². The van der Waals surface area contributed by atoms with Crippen molar-refractivity contribution >= 4 is 18.2 Å². The summed E-state index contributed by atoms with van der Waals surface area (Å²) in [6.07, 6.45) is -1.69. The van der Waals surface area contributed by atoms with E-state index in [0.29, 0.717) is 6.42 Å². The predicted octanol–water partition coefficient (Wildman–Crippen LogP) is 3.51. The number of benzene rings is 2. The first-order valence-corrected chi connectivity index (χ1v) is 9.69. The summed E-state index contributed by atoms with van der Waals surface area (Å²) in [7, 11) is 0. The van der Waals surface area contributed by atoms with Gasteiger partial charge in [-0.05, 0) is 17.5 Å². The largest absolute Gasteiger partial charge is 0.463 e. The minimum absolute atomic E-state index is 0.0166. The SMILES string of the molecule is CCCCOC(=O)C(NC(=O)OCc1ccccc1)NC(=O)OCc1ccccc1. The van der Waals surface area contributed by atoms with Gasteiger partial charge >= 0.3 is 18.2 Å². The van der Waals surface area contributed by atoms with Crippen LogP contribution in [0.4, 0.5) is 9.59 Å². The van der Waals surface area contributed by atoms with Crippen molar-refractivity contribution in [3.8, 4) is 0 Å². The highest BCUT2D eigenvalue weighted by Gasteiger charge is 2.25. The number of carbonyl (C=O) groups excluding carboxylic acids is 3. The van der Waals surface area contributed by atoms with Crippen LogP contribution in [0.25, 0.3) is 0 Å². The molecule has 8 nitrogen and oxygen atoms in total. The molecule has 0 atom stereocenters. The maximum Gasteiger partial charge on any atom is 0.409 e. The van der Waals surface area contributed by atoms with Crippen molar-refractivity contribution in [3.05, 3.63) is 71.8 Å². The number of rotatable bonds is 10. The molecule has 0 unspecified atom stereocenters. The van der Waals surface area contributed by atoms with Gasteiger partial charge in [0.1, 0.15) is 13.2 Å². The van der Waals surface area contributed by atoms with Gasteiger partial charge < -0.3 is 14.2 Å².